The van der Waals surface area contributed by atoms with Crippen LogP contribution in [0.15, 0.2) is 5.03 Å². The third-order valence-electron chi connectivity index (χ3n) is 2.06. The van der Waals surface area contributed by atoms with Crippen molar-refractivity contribution < 1.29 is 0 Å². The average molecular weight is 239 g/mol. The van der Waals surface area contributed by atoms with Crippen molar-refractivity contribution in [2.45, 2.75) is 57.2 Å². The summed E-state index contributed by atoms with van der Waals surface area (Å²) in [5, 5.41) is 1.02. The predicted molar refractivity (Wildman–Crippen MR) is 70.8 cm³/mol. The number of nitrogens with zero attached hydrogens (tertiary/aromatic N) is 2. The van der Waals surface area contributed by atoms with E-state index in [0.717, 1.165) is 29.3 Å². The molecule has 0 radical (unpaired) electrons. The molecular weight excluding hydrogens is 218 g/mol. The molecule has 4 heteroatoms. The summed E-state index contributed by atoms with van der Waals surface area (Å²) in [7, 11) is 0. The lowest BCUT2D eigenvalue weighted by Crippen LogP contribution is -2.11. The molecule has 90 valence electrons. The van der Waals surface area contributed by atoms with Crippen molar-refractivity contribution in [1.29, 1.82) is 0 Å². The maximum atomic E-state index is 5.91. The maximum absolute atomic E-state index is 5.91. The standard InChI is InChI=1S/C12H21N3S/c1-6-7-9-14-10(13)8(2)11(15-9)16-12(3,4)5/h6-7H2,1-5H3,(H2,13,14,15). The van der Waals surface area contributed by atoms with Crippen molar-refractivity contribution in [2.24, 2.45) is 0 Å². The third-order valence-corrected chi connectivity index (χ3v) is 3.26. The van der Waals surface area contributed by atoms with E-state index in [2.05, 4.69) is 37.7 Å². The van der Waals surface area contributed by atoms with Gasteiger partial charge in [-0.3, -0.25) is 0 Å². The van der Waals surface area contributed by atoms with Crippen molar-refractivity contribution in [3.63, 3.8) is 0 Å². The average Bonchev–Trinajstić information content (AvgIpc) is 2.11. The minimum absolute atomic E-state index is 0.148. The fourth-order valence-electron chi connectivity index (χ4n) is 1.28. The lowest BCUT2D eigenvalue weighted by atomic mass is 10.3. The molecule has 0 aliphatic heterocycles. The predicted octanol–water partition coefficient (Wildman–Crippen LogP) is 3.21. The van der Waals surface area contributed by atoms with Crippen LogP contribution in [0.25, 0.3) is 0 Å². The molecule has 1 rings (SSSR count). The van der Waals surface area contributed by atoms with Gasteiger partial charge in [-0.2, -0.15) is 0 Å². The fraction of sp³-hybridized carbons (Fsp3) is 0.667. The van der Waals surface area contributed by atoms with Gasteiger partial charge in [0.1, 0.15) is 16.7 Å². The number of nitrogen functional groups attached to an aromatic ring is 1. The van der Waals surface area contributed by atoms with Gasteiger partial charge in [-0.15, -0.1) is 11.8 Å². The Morgan fingerprint density at radius 2 is 1.88 bits per heavy atom. The normalized spacial score (nSPS) is 11.8. The van der Waals surface area contributed by atoms with Crippen molar-refractivity contribution in [3.05, 3.63) is 11.4 Å². The molecule has 0 spiro atoms. The zero-order valence-electron chi connectivity index (χ0n) is 10.8. The number of aryl methyl sites for hydroxylation is 1. The molecule has 1 aromatic rings. The van der Waals surface area contributed by atoms with E-state index in [0.29, 0.717) is 5.82 Å². The van der Waals surface area contributed by atoms with Crippen molar-refractivity contribution in [1.82, 2.24) is 9.97 Å². The van der Waals surface area contributed by atoms with Gasteiger partial charge in [0.15, 0.2) is 0 Å². The van der Waals surface area contributed by atoms with Gasteiger partial charge in [-0.1, -0.05) is 27.7 Å². The van der Waals surface area contributed by atoms with E-state index in [9.17, 15) is 0 Å². The topological polar surface area (TPSA) is 51.8 Å². The Morgan fingerprint density at radius 3 is 2.38 bits per heavy atom. The minimum Gasteiger partial charge on any atom is -0.383 e. The Balaban J connectivity index is 3.06. The lowest BCUT2D eigenvalue weighted by Gasteiger charge is -2.19. The molecule has 1 heterocycles. The van der Waals surface area contributed by atoms with E-state index in [4.69, 9.17) is 5.73 Å². The first-order valence-corrected chi connectivity index (χ1v) is 6.47. The number of hydrogen-bond acceptors (Lipinski definition) is 4. The van der Waals surface area contributed by atoms with Crippen molar-refractivity contribution in [3.8, 4) is 0 Å². The molecule has 2 N–H and O–H groups in total. The molecule has 0 saturated heterocycles. The quantitative estimate of drug-likeness (QED) is 0.650. The van der Waals surface area contributed by atoms with Crippen LogP contribution in [0.3, 0.4) is 0 Å². The van der Waals surface area contributed by atoms with Crippen LogP contribution in [-0.2, 0) is 6.42 Å². The number of nitrogens with two attached hydrogens (primary N) is 1. The molecule has 3 nitrogen and oxygen atoms in total. The van der Waals surface area contributed by atoms with E-state index in [1.54, 1.807) is 11.8 Å². The molecule has 0 amide bonds. The van der Waals surface area contributed by atoms with Gasteiger partial charge in [-0.25, -0.2) is 9.97 Å². The third kappa shape index (κ3) is 3.67. The second-order valence-corrected chi connectivity index (χ2v) is 6.74. The van der Waals surface area contributed by atoms with Gasteiger partial charge in [0.25, 0.3) is 0 Å². The highest BCUT2D eigenvalue weighted by atomic mass is 32.2. The van der Waals surface area contributed by atoms with Crippen LogP contribution >= 0.6 is 11.8 Å². The number of aromatic nitrogens is 2. The monoisotopic (exact) mass is 239 g/mol. The summed E-state index contributed by atoms with van der Waals surface area (Å²) >= 11 is 1.75. The van der Waals surface area contributed by atoms with Gasteiger partial charge in [-0.05, 0) is 13.3 Å². The number of thioether (sulfide) groups is 1. The Labute approximate surface area is 102 Å². The van der Waals surface area contributed by atoms with E-state index in [1.165, 1.54) is 0 Å². The molecule has 0 unspecified atom stereocenters. The molecule has 0 aliphatic carbocycles. The Hall–Kier alpha value is -0.770. The highest BCUT2D eigenvalue weighted by Gasteiger charge is 2.17. The molecule has 0 aliphatic rings. The van der Waals surface area contributed by atoms with Crippen LogP contribution in [0, 0.1) is 6.92 Å². The second-order valence-electron chi connectivity index (χ2n) is 4.92. The van der Waals surface area contributed by atoms with Crippen LogP contribution in [-0.4, -0.2) is 14.7 Å². The first-order chi connectivity index (χ1) is 7.33. The second kappa shape index (κ2) is 5.04. The number of anilines is 1. The van der Waals surface area contributed by atoms with Crippen LogP contribution in [0.2, 0.25) is 0 Å². The first-order valence-electron chi connectivity index (χ1n) is 5.65. The zero-order chi connectivity index (χ0) is 12.3. The van der Waals surface area contributed by atoms with Gasteiger partial charge in [0, 0.05) is 16.7 Å². The Morgan fingerprint density at radius 1 is 1.25 bits per heavy atom. The summed E-state index contributed by atoms with van der Waals surface area (Å²) in [4.78, 5) is 8.89. The minimum atomic E-state index is 0.148. The van der Waals surface area contributed by atoms with Crippen LogP contribution in [0.5, 0.6) is 0 Å². The lowest BCUT2D eigenvalue weighted by molar-refractivity contribution is 0.780. The molecule has 0 aromatic carbocycles. The van der Waals surface area contributed by atoms with E-state index >= 15 is 0 Å². The maximum Gasteiger partial charge on any atom is 0.132 e. The molecular formula is C12H21N3S. The van der Waals surface area contributed by atoms with Gasteiger partial charge < -0.3 is 5.73 Å². The summed E-state index contributed by atoms with van der Waals surface area (Å²) in [6.45, 7) is 10.6. The Bertz CT molecular complexity index is 369. The van der Waals surface area contributed by atoms with Crippen LogP contribution < -0.4 is 5.73 Å². The molecule has 0 atom stereocenters. The first kappa shape index (κ1) is 13.3. The van der Waals surface area contributed by atoms with Gasteiger partial charge in [0.2, 0.25) is 0 Å². The highest BCUT2D eigenvalue weighted by Crippen LogP contribution is 2.33. The largest absolute Gasteiger partial charge is 0.383 e. The fourth-order valence-corrected chi connectivity index (χ4v) is 2.27. The molecule has 0 saturated carbocycles. The zero-order valence-corrected chi connectivity index (χ0v) is 11.6. The summed E-state index contributed by atoms with van der Waals surface area (Å²) in [5.41, 5.74) is 6.91. The van der Waals surface area contributed by atoms with Crippen molar-refractivity contribution in [2.75, 3.05) is 5.73 Å². The summed E-state index contributed by atoms with van der Waals surface area (Å²) in [5.74, 6) is 1.47. The molecule has 0 bridgehead atoms. The summed E-state index contributed by atoms with van der Waals surface area (Å²) in [6.07, 6.45) is 1.93. The summed E-state index contributed by atoms with van der Waals surface area (Å²) in [6, 6.07) is 0. The molecule has 1 aromatic heterocycles. The molecule has 0 fully saturated rings. The van der Waals surface area contributed by atoms with Crippen LogP contribution in [0.4, 0.5) is 5.82 Å². The number of hydrogen-bond donors (Lipinski definition) is 1. The van der Waals surface area contributed by atoms with Gasteiger partial charge >= 0.3 is 0 Å². The summed E-state index contributed by atoms with van der Waals surface area (Å²) < 4.78 is 0.148. The van der Waals surface area contributed by atoms with Crippen LogP contribution in [0.1, 0.15) is 45.5 Å². The van der Waals surface area contributed by atoms with Crippen molar-refractivity contribution >= 4 is 17.6 Å². The highest BCUT2D eigenvalue weighted by molar-refractivity contribution is 8.00. The van der Waals surface area contributed by atoms with E-state index in [1.807, 2.05) is 6.92 Å². The Kier molecular flexibility index (Phi) is 4.19. The smallest absolute Gasteiger partial charge is 0.132 e. The van der Waals surface area contributed by atoms with E-state index < -0.39 is 0 Å². The van der Waals surface area contributed by atoms with E-state index in [-0.39, 0.29) is 4.75 Å². The molecule has 16 heavy (non-hydrogen) atoms. The number of rotatable bonds is 3. The van der Waals surface area contributed by atoms with Gasteiger partial charge in [0.05, 0.1) is 0 Å². The SMILES string of the molecule is CCCc1nc(N)c(C)c(SC(C)(C)C)n1.